The van der Waals surface area contributed by atoms with Gasteiger partial charge in [0.15, 0.2) is 5.65 Å². The van der Waals surface area contributed by atoms with Gasteiger partial charge in [-0.05, 0) is 13.0 Å². The first-order chi connectivity index (χ1) is 9.63. The van der Waals surface area contributed by atoms with Gasteiger partial charge in [0.1, 0.15) is 5.52 Å². The number of para-hydroxylation sites is 1. The van der Waals surface area contributed by atoms with Gasteiger partial charge in [-0.25, -0.2) is 9.67 Å². The Labute approximate surface area is 116 Å². The summed E-state index contributed by atoms with van der Waals surface area (Å²) in [6.07, 6.45) is 0. The van der Waals surface area contributed by atoms with Crippen LogP contribution in [0.5, 0.6) is 0 Å². The minimum atomic E-state index is 0.458. The molecule has 6 nitrogen and oxygen atoms in total. The third-order valence-electron chi connectivity index (χ3n) is 3.36. The zero-order chi connectivity index (χ0) is 14.3. The van der Waals surface area contributed by atoms with Crippen LogP contribution in [0.25, 0.3) is 16.9 Å². The molecule has 0 unspecified atom stereocenters. The molecule has 0 amide bonds. The molecule has 6 heteroatoms. The Balaban J connectivity index is 2.32. The van der Waals surface area contributed by atoms with Crippen LogP contribution in [-0.2, 0) is 18.4 Å². The highest BCUT2D eigenvalue weighted by atomic mass is 16.5. The standard InChI is InChI=1S/C14H17N5O/c1-9-12-13(18(2)17-9)19(14(15)16-12)11-7-5-4-6-10(11)8-20-3/h4-7H,8H2,1-3H3,(H2,15,16). The molecule has 0 spiro atoms. The van der Waals surface area contributed by atoms with Crippen molar-refractivity contribution in [3.63, 3.8) is 0 Å². The Morgan fingerprint density at radius 3 is 2.80 bits per heavy atom. The summed E-state index contributed by atoms with van der Waals surface area (Å²) in [5.41, 5.74) is 10.7. The normalized spacial score (nSPS) is 11.3. The zero-order valence-electron chi connectivity index (χ0n) is 11.8. The third kappa shape index (κ3) is 1.77. The smallest absolute Gasteiger partial charge is 0.207 e. The number of benzene rings is 1. The number of methoxy groups -OCH3 is 1. The number of imidazole rings is 1. The van der Waals surface area contributed by atoms with Gasteiger partial charge in [-0.15, -0.1) is 0 Å². The maximum absolute atomic E-state index is 6.10. The molecule has 0 saturated carbocycles. The van der Waals surface area contributed by atoms with Crippen LogP contribution < -0.4 is 5.73 Å². The molecule has 2 N–H and O–H groups in total. The Morgan fingerprint density at radius 2 is 2.05 bits per heavy atom. The molecule has 0 fully saturated rings. The van der Waals surface area contributed by atoms with E-state index in [1.807, 2.05) is 42.8 Å². The van der Waals surface area contributed by atoms with Gasteiger partial charge in [0, 0.05) is 19.7 Å². The average molecular weight is 271 g/mol. The molecule has 0 radical (unpaired) electrons. The molecule has 0 aliphatic rings. The zero-order valence-corrected chi connectivity index (χ0v) is 11.8. The number of nitrogens with two attached hydrogens (primary N) is 1. The Bertz CT molecular complexity index is 771. The van der Waals surface area contributed by atoms with Crippen molar-refractivity contribution in [3.8, 4) is 5.69 Å². The Hall–Kier alpha value is -2.34. The van der Waals surface area contributed by atoms with E-state index in [9.17, 15) is 0 Å². The summed E-state index contributed by atoms with van der Waals surface area (Å²) in [7, 11) is 3.57. The molecule has 20 heavy (non-hydrogen) atoms. The van der Waals surface area contributed by atoms with Crippen LogP contribution in [0.15, 0.2) is 24.3 Å². The highest BCUT2D eigenvalue weighted by Gasteiger charge is 2.18. The van der Waals surface area contributed by atoms with Gasteiger partial charge >= 0.3 is 0 Å². The number of ether oxygens (including phenoxy) is 1. The van der Waals surface area contributed by atoms with Crippen molar-refractivity contribution >= 4 is 17.1 Å². The first-order valence-electron chi connectivity index (χ1n) is 6.38. The van der Waals surface area contributed by atoms with Gasteiger partial charge < -0.3 is 10.5 Å². The van der Waals surface area contributed by atoms with E-state index in [4.69, 9.17) is 10.5 Å². The van der Waals surface area contributed by atoms with E-state index < -0.39 is 0 Å². The molecule has 0 atom stereocenters. The first-order valence-corrected chi connectivity index (χ1v) is 6.38. The monoisotopic (exact) mass is 271 g/mol. The second-order valence-corrected chi connectivity index (χ2v) is 4.75. The molecule has 2 heterocycles. The van der Waals surface area contributed by atoms with Crippen LogP contribution in [0.3, 0.4) is 0 Å². The van der Waals surface area contributed by atoms with E-state index in [-0.39, 0.29) is 0 Å². The Morgan fingerprint density at radius 1 is 1.30 bits per heavy atom. The van der Waals surface area contributed by atoms with Crippen molar-refractivity contribution in [2.75, 3.05) is 12.8 Å². The maximum Gasteiger partial charge on any atom is 0.207 e. The summed E-state index contributed by atoms with van der Waals surface area (Å²) in [6, 6.07) is 7.99. The van der Waals surface area contributed by atoms with E-state index in [1.165, 1.54) is 0 Å². The van der Waals surface area contributed by atoms with E-state index in [0.717, 1.165) is 28.1 Å². The molecule has 0 aliphatic carbocycles. The number of nitrogens with zero attached hydrogens (tertiary/aromatic N) is 4. The van der Waals surface area contributed by atoms with Gasteiger partial charge in [-0.3, -0.25) is 4.57 Å². The average Bonchev–Trinajstić information content (AvgIpc) is 2.89. The van der Waals surface area contributed by atoms with E-state index in [1.54, 1.807) is 11.8 Å². The lowest BCUT2D eigenvalue weighted by molar-refractivity contribution is 0.185. The lowest BCUT2D eigenvalue weighted by Gasteiger charge is -2.12. The lowest BCUT2D eigenvalue weighted by Crippen LogP contribution is -2.07. The molecule has 1 aromatic carbocycles. The van der Waals surface area contributed by atoms with Crippen LogP contribution in [0.4, 0.5) is 5.95 Å². The largest absolute Gasteiger partial charge is 0.380 e. The predicted octanol–water partition coefficient (Wildman–Crippen LogP) is 1.80. The number of aryl methyl sites for hydroxylation is 2. The fourth-order valence-electron chi connectivity index (χ4n) is 2.53. The molecule has 3 rings (SSSR count). The van der Waals surface area contributed by atoms with E-state index in [2.05, 4.69) is 10.1 Å². The van der Waals surface area contributed by atoms with Crippen molar-refractivity contribution in [2.45, 2.75) is 13.5 Å². The summed E-state index contributed by atoms with van der Waals surface area (Å²) < 4.78 is 8.98. The van der Waals surface area contributed by atoms with Gasteiger partial charge in [0.2, 0.25) is 5.95 Å². The quantitative estimate of drug-likeness (QED) is 0.788. The van der Waals surface area contributed by atoms with Crippen molar-refractivity contribution in [3.05, 3.63) is 35.5 Å². The van der Waals surface area contributed by atoms with Crippen molar-refractivity contribution in [1.29, 1.82) is 0 Å². The molecule has 104 valence electrons. The van der Waals surface area contributed by atoms with E-state index >= 15 is 0 Å². The third-order valence-corrected chi connectivity index (χ3v) is 3.36. The van der Waals surface area contributed by atoms with Crippen LogP contribution in [0.1, 0.15) is 11.3 Å². The summed E-state index contributed by atoms with van der Waals surface area (Å²) in [6.45, 7) is 2.45. The highest BCUT2D eigenvalue weighted by molar-refractivity contribution is 5.80. The Kier molecular flexibility index (Phi) is 2.94. The van der Waals surface area contributed by atoms with Gasteiger partial charge in [-0.1, -0.05) is 18.2 Å². The first kappa shape index (κ1) is 12.7. The maximum atomic E-state index is 6.10. The van der Waals surface area contributed by atoms with Crippen molar-refractivity contribution < 1.29 is 4.74 Å². The molecule has 3 aromatic rings. The van der Waals surface area contributed by atoms with Gasteiger partial charge in [0.25, 0.3) is 0 Å². The minimum absolute atomic E-state index is 0.458. The van der Waals surface area contributed by atoms with Gasteiger partial charge in [-0.2, -0.15) is 5.10 Å². The number of hydrogen-bond acceptors (Lipinski definition) is 4. The number of nitrogen functional groups attached to an aromatic ring is 1. The predicted molar refractivity (Wildman–Crippen MR) is 77.7 cm³/mol. The van der Waals surface area contributed by atoms with Crippen molar-refractivity contribution in [2.24, 2.45) is 7.05 Å². The van der Waals surface area contributed by atoms with Crippen LogP contribution in [-0.4, -0.2) is 26.4 Å². The summed E-state index contributed by atoms with van der Waals surface area (Å²) in [5, 5.41) is 4.40. The van der Waals surface area contributed by atoms with Crippen molar-refractivity contribution in [1.82, 2.24) is 19.3 Å². The minimum Gasteiger partial charge on any atom is -0.380 e. The fourth-order valence-corrected chi connectivity index (χ4v) is 2.53. The van der Waals surface area contributed by atoms with E-state index in [0.29, 0.717) is 12.6 Å². The number of aromatic nitrogens is 4. The second kappa shape index (κ2) is 4.64. The highest BCUT2D eigenvalue weighted by Crippen LogP contribution is 2.26. The summed E-state index contributed by atoms with van der Waals surface area (Å²) in [5.74, 6) is 0.458. The molecule has 0 saturated heterocycles. The van der Waals surface area contributed by atoms with Crippen LogP contribution in [0.2, 0.25) is 0 Å². The molecule has 0 bridgehead atoms. The molecule has 2 aromatic heterocycles. The lowest BCUT2D eigenvalue weighted by atomic mass is 10.2. The van der Waals surface area contributed by atoms with Crippen LogP contribution >= 0.6 is 0 Å². The number of rotatable bonds is 3. The molecule has 0 aliphatic heterocycles. The summed E-state index contributed by atoms with van der Waals surface area (Å²) >= 11 is 0. The topological polar surface area (TPSA) is 70.9 Å². The number of anilines is 1. The SMILES string of the molecule is COCc1ccccc1-n1c(N)nc2c(C)nn(C)c21. The molecular formula is C14H17N5O. The van der Waals surface area contributed by atoms with Gasteiger partial charge in [0.05, 0.1) is 18.0 Å². The second-order valence-electron chi connectivity index (χ2n) is 4.75. The molecular weight excluding hydrogens is 254 g/mol. The number of fused-ring (bicyclic) bond motifs is 1. The fraction of sp³-hybridized carbons (Fsp3) is 0.286. The number of hydrogen-bond donors (Lipinski definition) is 1. The van der Waals surface area contributed by atoms with Crippen LogP contribution in [0, 0.1) is 6.92 Å². The summed E-state index contributed by atoms with van der Waals surface area (Å²) in [4.78, 5) is 4.43.